The van der Waals surface area contributed by atoms with Crippen molar-refractivity contribution in [3.05, 3.63) is 76.7 Å². The van der Waals surface area contributed by atoms with Gasteiger partial charge in [-0.25, -0.2) is 4.79 Å². The van der Waals surface area contributed by atoms with Gasteiger partial charge in [0.1, 0.15) is 17.9 Å². The van der Waals surface area contributed by atoms with Gasteiger partial charge in [-0.05, 0) is 42.7 Å². The molecule has 3 aromatic rings. The third-order valence-electron chi connectivity index (χ3n) is 3.67. The van der Waals surface area contributed by atoms with Gasteiger partial charge in [0.05, 0.1) is 0 Å². The summed E-state index contributed by atoms with van der Waals surface area (Å²) in [5, 5.41) is 0.899. The van der Waals surface area contributed by atoms with Crippen molar-refractivity contribution in [3.63, 3.8) is 0 Å². The molecular weight excluding hydrogens is 288 g/mol. The third kappa shape index (κ3) is 3.04. The summed E-state index contributed by atoms with van der Waals surface area (Å²) in [7, 11) is 0. The maximum Gasteiger partial charge on any atom is 0.336 e. The van der Waals surface area contributed by atoms with Crippen LogP contribution in [0.25, 0.3) is 22.1 Å². The SMILES string of the molecule is C=C(C)COc1ccc2c(-c3ccccc3)cc(=O)oc2c1C. The van der Waals surface area contributed by atoms with Crippen molar-refractivity contribution in [2.45, 2.75) is 13.8 Å². The number of aryl methyl sites for hydroxylation is 1. The molecule has 0 aliphatic rings. The van der Waals surface area contributed by atoms with Crippen molar-refractivity contribution in [2.75, 3.05) is 6.61 Å². The number of hydrogen-bond acceptors (Lipinski definition) is 3. The molecule has 0 aliphatic heterocycles. The fourth-order valence-corrected chi connectivity index (χ4v) is 2.56. The summed E-state index contributed by atoms with van der Waals surface area (Å²) in [6.07, 6.45) is 0. The predicted molar refractivity (Wildman–Crippen MR) is 93.0 cm³/mol. The normalized spacial score (nSPS) is 10.7. The average Bonchev–Trinajstić information content (AvgIpc) is 2.55. The largest absolute Gasteiger partial charge is 0.489 e. The van der Waals surface area contributed by atoms with Crippen LogP contribution in [0, 0.1) is 6.92 Å². The van der Waals surface area contributed by atoms with Gasteiger partial charge in [-0.15, -0.1) is 0 Å². The van der Waals surface area contributed by atoms with Crippen LogP contribution in [0.1, 0.15) is 12.5 Å². The van der Waals surface area contributed by atoms with E-state index in [4.69, 9.17) is 9.15 Å². The van der Waals surface area contributed by atoms with Gasteiger partial charge in [-0.3, -0.25) is 0 Å². The van der Waals surface area contributed by atoms with E-state index in [1.165, 1.54) is 6.07 Å². The van der Waals surface area contributed by atoms with E-state index in [1.807, 2.05) is 56.3 Å². The molecule has 1 aromatic heterocycles. The summed E-state index contributed by atoms with van der Waals surface area (Å²) in [5.74, 6) is 0.703. The van der Waals surface area contributed by atoms with Crippen molar-refractivity contribution in [1.82, 2.24) is 0 Å². The Morgan fingerprint density at radius 2 is 1.91 bits per heavy atom. The summed E-state index contributed by atoms with van der Waals surface area (Å²) in [4.78, 5) is 12.0. The lowest BCUT2D eigenvalue weighted by Gasteiger charge is -2.12. The van der Waals surface area contributed by atoms with Gasteiger partial charge in [0.2, 0.25) is 0 Å². The molecule has 3 rings (SSSR count). The van der Waals surface area contributed by atoms with Gasteiger partial charge in [-0.1, -0.05) is 36.9 Å². The quantitative estimate of drug-likeness (QED) is 0.517. The van der Waals surface area contributed by atoms with E-state index in [-0.39, 0.29) is 5.63 Å². The van der Waals surface area contributed by atoms with Gasteiger partial charge in [0.15, 0.2) is 0 Å². The Balaban J connectivity index is 2.19. The molecule has 0 radical (unpaired) electrons. The highest BCUT2D eigenvalue weighted by Crippen LogP contribution is 2.33. The molecule has 3 nitrogen and oxygen atoms in total. The Hall–Kier alpha value is -2.81. The number of benzene rings is 2. The van der Waals surface area contributed by atoms with E-state index in [1.54, 1.807) is 0 Å². The molecule has 23 heavy (non-hydrogen) atoms. The topological polar surface area (TPSA) is 39.4 Å². The average molecular weight is 306 g/mol. The minimum absolute atomic E-state index is 0.364. The lowest BCUT2D eigenvalue weighted by molar-refractivity contribution is 0.350. The van der Waals surface area contributed by atoms with E-state index in [2.05, 4.69) is 6.58 Å². The van der Waals surface area contributed by atoms with Crippen molar-refractivity contribution in [2.24, 2.45) is 0 Å². The van der Waals surface area contributed by atoms with Crippen LogP contribution >= 0.6 is 0 Å². The minimum Gasteiger partial charge on any atom is -0.489 e. The van der Waals surface area contributed by atoms with Crippen LogP contribution in [-0.2, 0) is 0 Å². The van der Waals surface area contributed by atoms with Crippen LogP contribution in [-0.4, -0.2) is 6.61 Å². The Morgan fingerprint density at radius 1 is 1.17 bits per heavy atom. The first-order chi connectivity index (χ1) is 11.1. The second-order valence-electron chi connectivity index (χ2n) is 5.66. The molecule has 3 heteroatoms. The van der Waals surface area contributed by atoms with Crippen molar-refractivity contribution in [1.29, 1.82) is 0 Å². The van der Waals surface area contributed by atoms with Crippen LogP contribution in [0.5, 0.6) is 5.75 Å². The van der Waals surface area contributed by atoms with E-state index in [0.717, 1.165) is 27.6 Å². The summed E-state index contributed by atoms with van der Waals surface area (Å²) >= 11 is 0. The summed E-state index contributed by atoms with van der Waals surface area (Å²) < 4.78 is 11.2. The lowest BCUT2D eigenvalue weighted by Crippen LogP contribution is -2.02. The molecule has 0 amide bonds. The van der Waals surface area contributed by atoms with Crippen LogP contribution < -0.4 is 10.4 Å². The Bertz CT molecular complexity index is 921. The second kappa shape index (κ2) is 6.13. The van der Waals surface area contributed by atoms with Crippen molar-refractivity contribution in [3.8, 4) is 16.9 Å². The smallest absolute Gasteiger partial charge is 0.336 e. The minimum atomic E-state index is -0.364. The van der Waals surface area contributed by atoms with Crippen LogP contribution in [0.3, 0.4) is 0 Å². The van der Waals surface area contributed by atoms with Crippen molar-refractivity contribution < 1.29 is 9.15 Å². The van der Waals surface area contributed by atoms with E-state index in [9.17, 15) is 4.79 Å². The predicted octanol–water partition coefficient (Wildman–Crippen LogP) is 4.72. The highest BCUT2D eigenvalue weighted by Gasteiger charge is 2.13. The fourth-order valence-electron chi connectivity index (χ4n) is 2.56. The zero-order chi connectivity index (χ0) is 16.4. The van der Waals surface area contributed by atoms with Crippen LogP contribution in [0.4, 0.5) is 0 Å². The molecule has 0 saturated carbocycles. The van der Waals surface area contributed by atoms with Crippen LogP contribution in [0.15, 0.2) is 69.9 Å². The molecule has 0 bridgehead atoms. The first-order valence-electron chi connectivity index (χ1n) is 7.46. The highest BCUT2D eigenvalue weighted by atomic mass is 16.5. The molecule has 2 aromatic carbocycles. The first kappa shape index (κ1) is 15.1. The first-order valence-corrected chi connectivity index (χ1v) is 7.46. The Kier molecular flexibility index (Phi) is 4.02. The Morgan fingerprint density at radius 3 is 2.61 bits per heavy atom. The number of fused-ring (bicyclic) bond motifs is 1. The second-order valence-corrected chi connectivity index (χ2v) is 5.66. The fraction of sp³-hybridized carbons (Fsp3) is 0.150. The lowest BCUT2D eigenvalue weighted by atomic mass is 10.0. The third-order valence-corrected chi connectivity index (χ3v) is 3.67. The number of hydrogen-bond donors (Lipinski definition) is 0. The zero-order valence-electron chi connectivity index (χ0n) is 13.3. The zero-order valence-corrected chi connectivity index (χ0v) is 13.3. The molecule has 116 valence electrons. The molecule has 0 atom stereocenters. The summed E-state index contributed by atoms with van der Waals surface area (Å²) in [6.45, 7) is 8.07. The van der Waals surface area contributed by atoms with Gasteiger partial charge in [0.25, 0.3) is 0 Å². The molecule has 0 unspecified atom stereocenters. The van der Waals surface area contributed by atoms with Gasteiger partial charge in [0, 0.05) is 17.0 Å². The van der Waals surface area contributed by atoms with Gasteiger partial charge in [-0.2, -0.15) is 0 Å². The number of ether oxygens (including phenoxy) is 1. The van der Waals surface area contributed by atoms with Gasteiger partial charge < -0.3 is 9.15 Å². The molecule has 0 spiro atoms. The molecule has 0 aliphatic carbocycles. The van der Waals surface area contributed by atoms with Crippen LogP contribution in [0.2, 0.25) is 0 Å². The Labute approximate surface area is 134 Å². The van der Waals surface area contributed by atoms with Crippen molar-refractivity contribution >= 4 is 11.0 Å². The maximum atomic E-state index is 12.0. The van der Waals surface area contributed by atoms with E-state index < -0.39 is 0 Å². The van der Waals surface area contributed by atoms with Gasteiger partial charge >= 0.3 is 5.63 Å². The molecule has 0 N–H and O–H groups in total. The highest BCUT2D eigenvalue weighted by molar-refractivity contribution is 5.95. The number of rotatable bonds is 4. The monoisotopic (exact) mass is 306 g/mol. The molecule has 1 heterocycles. The molecule has 0 saturated heterocycles. The summed E-state index contributed by atoms with van der Waals surface area (Å²) in [5.41, 5.74) is 3.81. The standard InChI is InChI=1S/C20H18O3/c1-13(2)12-22-18-10-9-16-17(15-7-5-4-6-8-15)11-19(21)23-20(16)14(18)3/h4-11H,1,12H2,2-3H3. The van der Waals surface area contributed by atoms with E-state index in [0.29, 0.717) is 17.9 Å². The summed E-state index contributed by atoms with van der Waals surface area (Å²) in [6, 6.07) is 15.2. The molecule has 0 fully saturated rings. The maximum absolute atomic E-state index is 12.0. The molecular formula is C20H18O3. The van der Waals surface area contributed by atoms with E-state index >= 15 is 0 Å².